The number of nitrogens with two attached hydrogens (primary N) is 1. The summed E-state index contributed by atoms with van der Waals surface area (Å²) >= 11 is 0. The van der Waals surface area contributed by atoms with E-state index in [-0.39, 0.29) is 0 Å². The predicted molar refractivity (Wildman–Crippen MR) is 57.5 cm³/mol. The molecule has 1 aromatic carbocycles. The maximum atomic E-state index is 5.57. The number of aromatic nitrogens is 1. The van der Waals surface area contributed by atoms with E-state index in [0.717, 1.165) is 27.9 Å². The van der Waals surface area contributed by atoms with Crippen LogP contribution in [0, 0.1) is 6.92 Å². The molecule has 0 bridgehead atoms. The Morgan fingerprint density at radius 1 is 1.43 bits per heavy atom. The molecule has 0 saturated heterocycles. The Hall–Kier alpha value is -1.48. The van der Waals surface area contributed by atoms with E-state index in [4.69, 9.17) is 10.5 Å². The van der Waals surface area contributed by atoms with Crippen molar-refractivity contribution < 1.29 is 4.74 Å². The molecule has 1 aromatic heterocycles. The molecule has 2 aromatic rings. The summed E-state index contributed by atoms with van der Waals surface area (Å²) in [6, 6.07) is 6.13. The van der Waals surface area contributed by atoms with Crippen LogP contribution in [0.25, 0.3) is 10.9 Å². The van der Waals surface area contributed by atoms with Gasteiger partial charge in [-0.05, 0) is 24.6 Å². The minimum Gasteiger partial charge on any atom is -0.496 e. The van der Waals surface area contributed by atoms with Gasteiger partial charge in [0.25, 0.3) is 0 Å². The molecule has 0 unspecified atom stereocenters. The highest BCUT2D eigenvalue weighted by atomic mass is 16.5. The van der Waals surface area contributed by atoms with E-state index in [2.05, 4.69) is 4.98 Å². The molecule has 0 spiro atoms. The Morgan fingerprint density at radius 3 is 2.86 bits per heavy atom. The van der Waals surface area contributed by atoms with Gasteiger partial charge < -0.3 is 15.5 Å². The molecule has 3 nitrogen and oxygen atoms in total. The van der Waals surface area contributed by atoms with Gasteiger partial charge >= 0.3 is 0 Å². The van der Waals surface area contributed by atoms with Gasteiger partial charge in [0.2, 0.25) is 0 Å². The predicted octanol–water partition coefficient (Wildman–Crippen LogP) is 1.94. The van der Waals surface area contributed by atoms with Crippen LogP contribution in [-0.4, -0.2) is 12.1 Å². The smallest absolute Gasteiger partial charge is 0.131 e. The Labute approximate surface area is 82.9 Å². The summed E-state index contributed by atoms with van der Waals surface area (Å²) in [7, 11) is 1.69. The van der Waals surface area contributed by atoms with Crippen molar-refractivity contribution in [1.82, 2.24) is 4.98 Å². The molecule has 1 heterocycles. The van der Waals surface area contributed by atoms with Crippen molar-refractivity contribution >= 4 is 10.9 Å². The number of fused-ring (bicyclic) bond motifs is 1. The molecule has 0 fully saturated rings. The molecule has 0 atom stereocenters. The van der Waals surface area contributed by atoms with Gasteiger partial charge in [0.05, 0.1) is 7.11 Å². The lowest BCUT2D eigenvalue weighted by Crippen LogP contribution is -1.94. The van der Waals surface area contributed by atoms with Gasteiger partial charge in [-0.25, -0.2) is 0 Å². The standard InChI is InChI=1S/C11H14N2O/c1-7-3-4-10-9(11(7)14-2)5-8(6-12)13-10/h3-5,13H,6,12H2,1-2H3. The minimum absolute atomic E-state index is 0.525. The lowest BCUT2D eigenvalue weighted by molar-refractivity contribution is 0.417. The van der Waals surface area contributed by atoms with Crippen molar-refractivity contribution in [2.24, 2.45) is 5.73 Å². The second-order valence-corrected chi connectivity index (χ2v) is 3.38. The molecule has 0 aliphatic carbocycles. The molecule has 0 amide bonds. The molecule has 3 heteroatoms. The zero-order valence-electron chi connectivity index (χ0n) is 8.42. The van der Waals surface area contributed by atoms with E-state index in [0.29, 0.717) is 6.54 Å². The van der Waals surface area contributed by atoms with Crippen LogP contribution >= 0.6 is 0 Å². The van der Waals surface area contributed by atoms with Crippen LogP contribution in [0.3, 0.4) is 0 Å². The number of aryl methyl sites for hydroxylation is 1. The SMILES string of the molecule is COc1c(C)ccc2[nH]c(CN)cc12. The highest BCUT2D eigenvalue weighted by molar-refractivity contribution is 5.88. The first kappa shape index (κ1) is 9.09. The third-order valence-electron chi connectivity index (χ3n) is 2.43. The fraction of sp³-hybridized carbons (Fsp3) is 0.273. The second-order valence-electron chi connectivity index (χ2n) is 3.38. The largest absolute Gasteiger partial charge is 0.496 e. The van der Waals surface area contributed by atoms with Crippen LogP contribution < -0.4 is 10.5 Å². The molecule has 3 N–H and O–H groups in total. The first-order valence-electron chi connectivity index (χ1n) is 4.61. The van der Waals surface area contributed by atoms with E-state index in [1.165, 1.54) is 0 Å². The number of ether oxygens (including phenoxy) is 1. The molecule has 0 saturated carbocycles. The zero-order chi connectivity index (χ0) is 10.1. The van der Waals surface area contributed by atoms with Crippen molar-refractivity contribution in [3.8, 4) is 5.75 Å². The van der Waals surface area contributed by atoms with Crippen LogP contribution in [0.5, 0.6) is 5.75 Å². The normalized spacial score (nSPS) is 10.8. The summed E-state index contributed by atoms with van der Waals surface area (Å²) in [5.41, 5.74) is 8.82. The summed E-state index contributed by atoms with van der Waals surface area (Å²) in [6.45, 7) is 2.56. The van der Waals surface area contributed by atoms with Gasteiger partial charge in [0.15, 0.2) is 0 Å². The van der Waals surface area contributed by atoms with Crippen LogP contribution in [0.4, 0.5) is 0 Å². The molecule has 2 rings (SSSR count). The third-order valence-corrected chi connectivity index (χ3v) is 2.43. The number of aromatic amines is 1. The maximum Gasteiger partial charge on any atom is 0.131 e. The maximum absolute atomic E-state index is 5.57. The molecular weight excluding hydrogens is 176 g/mol. The second kappa shape index (κ2) is 3.35. The molecule has 0 aliphatic rings. The average Bonchev–Trinajstić information content (AvgIpc) is 2.60. The van der Waals surface area contributed by atoms with E-state index in [1.807, 2.05) is 25.1 Å². The highest BCUT2D eigenvalue weighted by Gasteiger charge is 2.07. The summed E-state index contributed by atoms with van der Waals surface area (Å²) in [6.07, 6.45) is 0. The zero-order valence-corrected chi connectivity index (χ0v) is 8.42. The van der Waals surface area contributed by atoms with Crippen LogP contribution in [-0.2, 0) is 6.54 Å². The molecular formula is C11H14N2O. The van der Waals surface area contributed by atoms with E-state index in [1.54, 1.807) is 7.11 Å². The van der Waals surface area contributed by atoms with Crippen LogP contribution in [0.2, 0.25) is 0 Å². The van der Waals surface area contributed by atoms with Crippen molar-refractivity contribution in [3.63, 3.8) is 0 Å². The Kier molecular flexibility index (Phi) is 2.17. The van der Waals surface area contributed by atoms with Gasteiger partial charge in [0, 0.05) is 23.1 Å². The first-order valence-corrected chi connectivity index (χ1v) is 4.61. The van der Waals surface area contributed by atoms with Gasteiger partial charge in [0.1, 0.15) is 5.75 Å². The van der Waals surface area contributed by atoms with Gasteiger partial charge in [-0.2, -0.15) is 0 Å². The number of hydrogen-bond acceptors (Lipinski definition) is 2. The van der Waals surface area contributed by atoms with Crippen LogP contribution in [0.1, 0.15) is 11.3 Å². The minimum atomic E-state index is 0.525. The third kappa shape index (κ3) is 1.26. The van der Waals surface area contributed by atoms with E-state index >= 15 is 0 Å². The Balaban J connectivity index is 2.73. The Morgan fingerprint density at radius 2 is 2.21 bits per heavy atom. The molecule has 0 aliphatic heterocycles. The summed E-state index contributed by atoms with van der Waals surface area (Å²) in [5, 5.41) is 1.10. The summed E-state index contributed by atoms with van der Waals surface area (Å²) in [5.74, 6) is 0.929. The summed E-state index contributed by atoms with van der Waals surface area (Å²) < 4.78 is 5.36. The van der Waals surface area contributed by atoms with Crippen molar-refractivity contribution in [1.29, 1.82) is 0 Å². The van der Waals surface area contributed by atoms with Crippen molar-refractivity contribution in [2.75, 3.05) is 7.11 Å². The topological polar surface area (TPSA) is 51.0 Å². The fourth-order valence-electron chi connectivity index (χ4n) is 1.73. The van der Waals surface area contributed by atoms with Crippen molar-refractivity contribution in [3.05, 3.63) is 29.5 Å². The number of nitrogens with one attached hydrogen (secondary N) is 1. The number of rotatable bonds is 2. The van der Waals surface area contributed by atoms with Crippen LogP contribution in [0.15, 0.2) is 18.2 Å². The van der Waals surface area contributed by atoms with E-state index < -0.39 is 0 Å². The van der Waals surface area contributed by atoms with Gasteiger partial charge in [-0.1, -0.05) is 6.07 Å². The lowest BCUT2D eigenvalue weighted by Gasteiger charge is -2.04. The Bertz CT molecular complexity index is 460. The molecule has 14 heavy (non-hydrogen) atoms. The van der Waals surface area contributed by atoms with Gasteiger partial charge in [-0.15, -0.1) is 0 Å². The number of hydrogen-bond donors (Lipinski definition) is 2. The highest BCUT2D eigenvalue weighted by Crippen LogP contribution is 2.29. The molecule has 0 radical (unpaired) electrons. The van der Waals surface area contributed by atoms with Gasteiger partial charge in [-0.3, -0.25) is 0 Å². The first-order chi connectivity index (χ1) is 6.76. The van der Waals surface area contributed by atoms with Crippen molar-refractivity contribution in [2.45, 2.75) is 13.5 Å². The monoisotopic (exact) mass is 190 g/mol. The average molecular weight is 190 g/mol. The molecule has 74 valence electrons. The quantitative estimate of drug-likeness (QED) is 0.760. The number of H-pyrrole nitrogens is 1. The van der Waals surface area contributed by atoms with E-state index in [9.17, 15) is 0 Å². The fourth-order valence-corrected chi connectivity index (χ4v) is 1.73. The number of benzene rings is 1. The summed E-state index contributed by atoms with van der Waals surface area (Å²) in [4.78, 5) is 3.24. The lowest BCUT2D eigenvalue weighted by atomic mass is 10.1. The number of methoxy groups -OCH3 is 1.